The fourth-order valence-corrected chi connectivity index (χ4v) is 1.26. The summed E-state index contributed by atoms with van der Waals surface area (Å²) in [6, 6.07) is 0. The lowest BCUT2D eigenvalue weighted by Crippen LogP contribution is -2.23. The normalized spacial score (nSPS) is 12.0. The highest BCUT2D eigenvalue weighted by atomic mass is 16.5. The van der Waals surface area contributed by atoms with Crippen molar-refractivity contribution in [2.75, 3.05) is 7.11 Å². The Kier molecular flexibility index (Phi) is 5.60. The largest absolute Gasteiger partial charge is 0.501 e. The van der Waals surface area contributed by atoms with Gasteiger partial charge in [0.05, 0.1) is 7.11 Å². The zero-order chi connectivity index (χ0) is 9.56. The summed E-state index contributed by atoms with van der Waals surface area (Å²) in [4.78, 5) is 0. The van der Waals surface area contributed by atoms with Crippen LogP contribution >= 0.6 is 0 Å². The molecule has 0 spiro atoms. The van der Waals surface area contributed by atoms with Crippen LogP contribution in [-0.2, 0) is 9.47 Å². The molecule has 72 valence electrons. The summed E-state index contributed by atoms with van der Waals surface area (Å²) >= 11 is 0. The molecule has 0 aromatic carbocycles. The third-order valence-electron chi connectivity index (χ3n) is 1.74. The van der Waals surface area contributed by atoms with Gasteiger partial charge in [-0.25, -0.2) is 0 Å². The van der Waals surface area contributed by atoms with Gasteiger partial charge in [0.2, 0.25) is 0 Å². The molecule has 0 amide bonds. The number of ether oxygens (including phenoxy) is 2. The average molecular weight is 172 g/mol. The van der Waals surface area contributed by atoms with E-state index < -0.39 is 0 Å². The van der Waals surface area contributed by atoms with Crippen LogP contribution in [0.2, 0.25) is 0 Å². The van der Waals surface area contributed by atoms with Gasteiger partial charge in [-0.05, 0) is 11.8 Å². The zero-order valence-corrected chi connectivity index (χ0v) is 8.70. The van der Waals surface area contributed by atoms with Crippen LogP contribution in [0, 0.1) is 11.8 Å². The highest BCUT2D eigenvalue weighted by Crippen LogP contribution is 2.16. The van der Waals surface area contributed by atoms with Gasteiger partial charge in [0, 0.05) is 0 Å². The van der Waals surface area contributed by atoms with Crippen molar-refractivity contribution in [1.82, 2.24) is 0 Å². The van der Waals surface area contributed by atoms with Gasteiger partial charge in [0.1, 0.15) is 18.6 Å². The van der Waals surface area contributed by atoms with Gasteiger partial charge in [-0.3, -0.25) is 0 Å². The Labute approximate surface area is 75.6 Å². The predicted molar refractivity (Wildman–Crippen MR) is 50.7 cm³/mol. The summed E-state index contributed by atoms with van der Waals surface area (Å²) in [6.07, 6.45) is 3.44. The van der Waals surface area contributed by atoms with Crippen LogP contribution in [0.15, 0.2) is 12.5 Å². The van der Waals surface area contributed by atoms with E-state index in [1.165, 1.54) is 0 Å². The van der Waals surface area contributed by atoms with Crippen LogP contribution in [-0.4, -0.2) is 13.2 Å². The molecule has 0 bridgehead atoms. The Morgan fingerprint density at radius 3 is 1.75 bits per heavy atom. The lowest BCUT2D eigenvalue weighted by atomic mass is 9.96. The van der Waals surface area contributed by atoms with Gasteiger partial charge >= 0.3 is 0 Å². The minimum absolute atomic E-state index is 0.274. The molecular weight excluding hydrogens is 152 g/mol. The van der Waals surface area contributed by atoms with Crippen LogP contribution in [0.5, 0.6) is 0 Å². The van der Waals surface area contributed by atoms with Crippen molar-refractivity contribution >= 4 is 0 Å². The fourth-order valence-electron chi connectivity index (χ4n) is 1.26. The molecule has 0 saturated carbocycles. The molecule has 2 nitrogen and oxygen atoms in total. The maximum atomic E-state index is 5.50. The van der Waals surface area contributed by atoms with E-state index in [1.807, 2.05) is 0 Å². The molecule has 0 aliphatic heterocycles. The highest BCUT2D eigenvalue weighted by molar-refractivity contribution is 4.71. The first kappa shape index (κ1) is 11.3. The van der Waals surface area contributed by atoms with E-state index in [4.69, 9.17) is 9.47 Å². The number of rotatable bonds is 5. The zero-order valence-electron chi connectivity index (χ0n) is 8.70. The van der Waals surface area contributed by atoms with Crippen LogP contribution < -0.4 is 0 Å². The highest BCUT2D eigenvalue weighted by Gasteiger charge is 2.17. The summed E-state index contributed by atoms with van der Waals surface area (Å²) in [6.45, 7) is 8.63. The molecule has 0 aromatic rings. The van der Waals surface area contributed by atoms with Crippen molar-refractivity contribution in [3.8, 4) is 0 Å². The Balaban J connectivity index is 3.88. The van der Waals surface area contributed by atoms with Gasteiger partial charge in [-0.2, -0.15) is 0 Å². The van der Waals surface area contributed by atoms with Crippen molar-refractivity contribution in [2.24, 2.45) is 11.8 Å². The van der Waals surface area contributed by atoms with Crippen molar-refractivity contribution in [2.45, 2.75) is 33.8 Å². The molecule has 0 aliphatic rings. The molecule has 0 atom stereocenters. The van der Waals surface area contributed by atoms with E-state index in [1.54, 1.807) is 19.6 Å². The lowest BCUT2D eigenvalue weighted by molar-refractivity contribution is 0.0562. The first-order valence-corrected chi connectivity index (χ1v) is 4.42. The van der Waals surface area contributed by atoms with Crippen LogP contribution in [0.1, 0.15) is 27.7 Å². The first-order valence-electron chi connectivity index (χ1n) is 4.42. The summed E-state index contributed by atoms with van der Waals surface area (Å²) < 4.78 is 10.2. The third-order valence-corrected chi connectivity index (χ3v) is 1.74. The first-order chi connectivity index (χ1) is 5.59. The number of hydrogen-bond donors (Lipinski definition) is 0. The fraction of sp³-hybridized carbons (Fsp3) is 0.800. The average Bonchev–Trinajstić information content (AvgIpc) is 1.96. The van der Waals surface area contributed by atoms with Crippen LogP contribution in [0.25, 0.3) is 0 Å². The van der Waals surface area contributed by atoms with E-state index in [9.17, 15) is 0 Å². The smallest absolute Gasteiger partial charge is 0.118 e. The Morgan fingerprint density at radius 1 is 0.917 bits per heavy atom. The Bertz CT molecular complexity index is 120. The minimum Gasteiger partial charge on any atom is -0.501 e. The van der Waals surface area contributed by atoms with Gasteiger partial charge in [-0.15, -0.1) is 0 Å². The number of methoxy groups -OCH3 is 1. The summed E-state index contributed by atoms with van der Waals surface area (Å²) in [7, 11) is 1.61. The molecular formula is C10H20O2. The minimum atomic E-state index is 0.274. The maximum Gasteiger partial charge on any atom is 0.118 e. The van der Waals surface area contributed by atoms with E-state index in [-0.39, 0.29) is 6.10 Å². The van der Waals surface area contributed by atoms with Gasteiger partial charge < -0.3 is 9.47 Å². The molecule has 0 aliphatic carbocycles. The molecule has 0 radical (unpaired) electrons. The molecule has 0 heterocycles. The quantitative estimate of drug-likeness (QED) is 0.594. The summed E-state index contributed by atoms with van der Waals surface area (Å²) in [5.41, 5.74) is 0. The topological polar surface area (TPSA) is 18.5 Å². The summed E-state index contributed by atoms with van der Waals surface area (Å²) in [5.74, 6) is 1.07. The van der Waals surface area contributed by atoms with Crippen molar-refractivity contribution in [1.29, 1.82) is 0 Å². The van der Waals surface area contributed by atoms with E-state index in [2.05, 4.69) is 27.7 Å². The van der Waals surface area contributed by atoms with E-state index >= 15 is 0 Å². The second-order valence-electron chi connectivity index (χ2n) is 3.60. The SMILES string of the molecule is CO/C=C/OC(C(C)C)C(C)C. The second-order valence-corrected chi connectivity index (χ2v) is 3.60. The molecule has 0 N–H and O–H groups in total. The number of hydrogen-bond acceptors (Lipinski definition) is 2. The van der Waals surface area contributed by atoms with Crippen LogP contribution in [0.4, 0.5) is 0 Å². The molecule has 0 fully saturated rings. The molecule has 0 aromatic heterocycles. The standard InChI is InChI=1S/C10H20O2/c1-8(2)10(9(3)4)12-7-6-11-5/h6-10H,1-5H3/b7-6+. The van der Waals surface area contributed by atoms with E-state index in [0.717, 1.165) is 0 Å². The molecule has 12 heavy (non-hydrogen) atoms. The second kappa shape index (κ2) is 5.92. The third kappa shape index (κ3) is 4.27. The molecule has 2 heteroatoms. The Morgan fingerprint density at radius 2 is 1.42 bits per heavy atom. The van der Waals surface area contributed by atoms with Gasteiger partial charge in [0.25, 0.3) is 0 Å². The van der Waals surface area contributed by atoms with Gasteiger partial charge in [0.15, 0.2) is 0 Å². The monoisotopic (exact) mass is 172 g/mol. The van der Waals surface area contributed by atoms with Gasteiger partial charge in [-0.1, -0.05) is 27.7 Å². The predicted octanol–water partition coefficient (Wildman–Crippen LogP) is 2.80. The summed E-state index contributed by atoms with van der Waals surface area (Å²) in [5, 5.41) is 0. The van der Waals surface area contributed by atoms with Crippen molar-refractivity contribution in [3.63, 3.8) is 0 Å². The lowest BCUT2D eigenvalue weighted by Gasteiger charge is -2.23. The van der Waals surface area contributed by atoms with Crippen molar-refractivity contribution in [3.05, 3.63) is 12.5 Å². The van der Waals surface area contributed by atoms with Crippen LogP contribution in [0.3, 0.4) is 0 Å². The molecule has 0 unspecified atom stereocenters. The molecule has 0 saturated heterocycles. The van der Waals surface area contributed by atoms with E-state index in [0.29, 0.717) is 11.8 Å². The molecule has 0 rings (SSSR count). The maximum absolute atomic E-state index is 5.50. The Hall–Kier alpha value is -0.660. The van der Waals surface area contributed by atoms with Crippen molar-refractivity contribution < 1.29 is 9.47 Å².